The zero-order valence-electron chi connectivity index (χ0n) is 21.9. The molecule has 41 heavy (non-hydrogen) atoms. The molecule has 15 heteroatoms. The Morgan fingerprint density at radius 3 is 2.37 bits per heavy atom. The molecule has 1 aliphatic heterocycles. The van der Waals surface area contributed by atoms with Crippen molar-refractivity contribution in [3.05, 3.63) is 52.9 Å². The van der Waals surface area contributed by atoms with E-state index < -0.39 is 56.4 Å². The number of rotatable bonds is 4. The highest BCUT2D eigenvalue weighted by Crippen LogP contribution is 2.71. The van der Waals surface area contributed by atoms with Crippen LogP contribution in [0.2, 0.25) is 5.15 Å². The number of hydrogen-bond donors (Lipinski definition) is 0. The van der Waals surface area contributed by atoms with Crippen LogP contribution in [0.25, 0.3) is 5.65 Å². The van der Waals surface area contributed by atoms with E-state index in [0.717, 1.165) is 24.6 Å². The minimum atomic E-state index is -4.66. The fourth-order valence-corrected chi connectivity index (χ4v) is 7.01. The molecule has 3 aliphatic rings. The monoisotopic (exact) mass is 615 g/mol. The van der Waals surface area contributed by atoms with Crippen LogP contribution in [0, 0.1) is 5.41 Å². The lowest BCUT2D eigenvalue weighted by atomic mass is 9.87. The quantitative estimate of drug-likeness (QED) is 0.371. The van der Waals surface area contributed by atoms with E-state index >= 15 is 8.78 Å². The van der Waals surface area contributed by atoms with Gasteiger partial charge in [0.05, 0.1) is 28.7 Å². The van der Waals surface area contributed by atoms with E-state index in [1.807, 2.05) is 0 Å². The van der Waals surface area contributed by atoms with Gasteiger partial charge in [0, 0.05) is 43.1 Å². The van der Waals surface area contributed by atoms with Gasteiger partial charge in [0.25, 0.3) is 11.8 Å². The molecular formula is C26H23ClF5N5O3S. The second-order valence-electron chi connectivity index (χ2n) is 11.3. The average molecular weight is 616 g/mol. The molecule has 3 atom stereocenters. The smallest absolute Gasteiger partial charge is 0.337 e. The van der Waals surface area contributed by atoms with Crippen LogP contribution in [0.5, 0.6) is 0 Å². The molecule has 1 aromatic carbocycles. The molecule has 6 rings (SSSR count). The summed E-state index contributed by atoms with van der Waals surface area (Å²) in [6, 6.07) is 6.93. The second kappa shape index (κ2) is 8.46. The third-order valence-corrected chi connectivity index (χ3v) is 10.4. The van der Waals surface area contributed by atoms with E-state index in [0.29, 0.717) is 5.69 Å². The summed E-state index contributed by atoms with van der Waals surface area (Å²) >= 11 is 5.95. The van der Waals surface area contributed by atoms with Gasteiger partial charge in [-0.1, -0.05) is 23.7 Å². The van der Waals surface area contributed by atoms with Crippen LogP contribution >= 0.6 is 11.6 Å². The van der Waals surface area contributed by atoms with Gasteiger partial charge >= 0.3 is 6.18 Å². The van der Waals surface area contributed by atoms with E-state index in [9.17, 15) is 26.4 Å². The molecule has 2 aliphatic carbocycles. The number of alkyl halides is 5. The standard InChI is InChI=1S/C26H23ClF5N5O3S/c1-23(26(30,31)32)12-36(17-11-33-19-10-18(27)35-37(19)21(17)23)15-6-4-13(5-7-15)20-24(2,25(20,28)29)22(38)34-14-8-16(9-14)41(3,39)40/h4-7,10-11,16,20H,8-9,12H2,1-3H3/t16?,20-,23+,24+/m0/s1. The number of nitrogens with zero attached hydrogens (tertiary/aromatic N) is 5. The number of aromatic nitrogens is 3. The number of hydrogen-bond acceptors (Lipinski definition) is 6. The Kier molecular flexibility index (Phi) is 5.78. The first kappa shape index (κ1) is 28.0. The third kappa shape index (κ3) is 3.93. The molecule has 0 unspecified atom stereocenters. The summed E-state index contributed by atoms with van der Waals surface area (Å²) in [6.45, 7) is 1.66. The van der Waals surface area contributed by atoms with Crippen molar-refractivity contribution in [3.8, 4) is 0 Å². The van der Waals surface area contributed by atoms with Gasteiger partial charge in [-0.25, -0.2) is 31.7 Å². The van der Waals surface area contributed by atoms with Crippen LogP contribution in [0.4, 0.5) is 33.3 Å². The summed E-state index contributed by atoms with van der Waals surface area (Å²) in [5, 5.41) is 3.31. The van der Waals surface area contributed by atoms with Crippen LogP contribution < -0.4 is 4.90 Å². The molecule has 2 fully saturated rings. The fraction of sp³-hybridized carbons (Fsp3) is 0.462. The van der Waals surface area contributed by atoms with E-state index in [2.05, 4.69) is 15.1 Å². The van der Waals surface area contributed by atoms with Gasteiger partial charge in [0.1, 0.15) is 10.8 Å². The van der Waals surface area contributed by atoms with Gasteiger partial charge in [-0.3, -0.25) is 4.79 Å². The highest BCUT2D eigenvalue weighted by atomic mass is 35.5. The van der Waals surface area contributed by atoms with Crippen molar-refractivity contribution in [1.29, 1.82) is 0 Å². The molecule has 0 N–H and O–H groups in total. The Bertz CT molecular complexity index is 1750. The van der Waals surface area contributed by atoms with E-state index in [1.54, 1.807) is 0 Å². The summed E-state index contributed by atoms with van der Waals surface area (Å²) in [5.74, 6) is -5.94. The minimum Gasteiger partial charge on any atom is -0.337 e. The van der Waals surface area contributed by atoms with E-state index in [1.165, 1.54) is 41.4 Å². The molecule has 8 nitrogen and oxygen atoms in total. The lowest BCUT2D eigenvalue weighted by molar-refractivity contribution is -0.181. The summed E-state index contributed by atoms with van der Waals surface area (Å²) < 4.78 is 97.6. The molecule has 218 valence electrons. The highest BCUT2D eigenvalue weighted by Gasteiger charge is 2.82. The van der Waals surface area contributed by atoms with Crippen molar-refractivity contribution >= 4 is 50.1 Å². The van der Waals surface area contributed by atoms with Crippen LogP contribution in [0.1, 0.15) is 43.9 Å². The van der Waals surface area contributed by atoms with E-state index in [-0.39, 0.29) is 46.3 Å². The van der Waals surface area contributed by atoms with Crippen LogP contribution in [-0.2, 0) is 20.0 Å². The van der Waals surface area contributed by atoms with E-state index in [4.69, 9.17) is 11.6 Å². The van der Waals surface area contributed by atoms with Crippen LogP contribution in [0.15, 0.2) is 41.5 Å². The third-order valence-electron chi connectivity index (χ3n) is 8.67. The molecule has 2 saturated carbocycles. The lowest BCUT2D eigenvalue weighted by Gasteiger charge is -2.28. The number of amides is 1. The Balaban J connectivity index is 1.29. The van der Waals surface area contributed by atoms with Crippen LogP contribution in [-0.4, -0.2) is 64.8 Å². The maximum absolute atomic E-state index is 15.1. The first-order valence-corrected chi connectivity index (χ1v) is 14.9. The number of carbonyl (C=O) groups is 1. The topological polar surface area (TPSA) is 97.0 Å². The Labute approximate surface area is 236 Å². The first-order valence-electron chi connectivity index (χ1n) is 12.6. The molecule has 3 heterocycles. The summed E-state index contributed by atoms with van der Waals surface area (Å²) in [6.07, 6.45) is -2.23. The molecule has 0 bridgehead atoms. The maximum Gasteiger partial charge on any atom is 0.401 e. The summed E-state index contributed by atoms with van der Waals surface area (Å²) in [7, 11) is -3.31. The van der Waals surface area contributed by atoms with Crippen molar-refractivity contribution in [2.24, 2.45) is 10.4 Å². The number of aliphatic imine (C=N–C) groups is 1. The highest BCUT2D eigenvalue weighted by molar-refractivity contribution is 7.91. The van der Waals surface area contributed by atoms with Crippen molar-refractivity contribution in [3.63, 3.8) is 0 Å². The van der Waals surface area contributed by atoms with Crippen molar-refractivity contribution in [2.75, 3.05) is 17.7 Å². The Morgan fingerprint density at radius 1 is 1.15 bits per heavy atom. The fourth-order valence-electron chi connectivity index (χ4n) is 5.85. The summed E-state index contributed by atoms with van der Waals surface area (Å²) in [4.78, 5) is 22.2. The molecule has 0 spiro atoms. The maximum atomic E-state index is 15.1. The summed E-state index contributed by atoms with van der Waals surface area (Å²) in [5.41, 5.74) is -3.62. The predicted octanol–water partition coefficient (Wildman–Crippen LogP) is 5.27. The lowest BCUT2D eigenvalue weighted by Crippen LogP contribution is -2.43. The molecular weight excluding hydrogens is 593 g/mol. The normalized spacial score (nSPS) is 28.9. The number of anilines is 2. The number of fused-ring (bicyclic) bond motifs is 3. The number of sulfone groups is 1. The van der Waals surface area contributed by atoms with Gasteiger partial charge in [-0.2, -0.15) is 18.3 Å². The Hall–Kier alpha value is -3.13. The first-order chi connectivity index (χ1) is 18.9. The largest absolute Gasteiger partial charge is 0.401 e. The Morgan fingerprint density at radius 2 is 1.78 bits per heavy atom. The van der Waals surface area contributed by atoms with Crippen LogP contribution in [0.3, 0.4) is 0 Å². The number of halogens is 6. The number of carbonyl (C=O) groups excluding carboxylic acids is 1. The molecule has 1 amide bonds. The van der Waals surface area contributed by atoms with Crippen molar-refractivity contribution in [2.45, 2.75) is 55.4 Å². The average Bonchev–Trinajstić information content (AvgIpc) is 3.12. The van der Waals surface area contributed by atoms with Gasteiger partial charge in [-0.15, -0.1) is 0 Å². The van der Waals surface area contributed by atoms with Gasteiger partial charge in [-0.05, 0) is 31.5 Å². The molecule has 0 radical (unpaired) electrons. The van der Waals surface area contributed by atoms with Gasteiger partial charge < -0.3 is 4.90 Å². The van der Waals surface area contributed by atoms with Gasteiger partial charge in [0.2, 0.25) is 0 Å². The van der Waals surface area contributed by atoms with Crippen molar-refractivity contribution < 1.29 is 35.2 Å². The predicted molar refractivity (Wildman–Crippen MR) is 141 cm³/mol. The minimum absolute atomic E-state index is 0.0150. The second-order valence-corrected chi connectivity index (χ2v) is 14.1. The van der Waals surface area contributed by atoms with Crippen molar-refractivity contribution in [1.82, 2.24) is 14.6 Å². The molecule has 3 aromatic rings. The number of benzene rings is 1. The zero-order valence-corrected chi connectivity index (χ0v) is 23.4. The van der Waals surface area contributed by atoms with Gasteiger partial charge in [0.15, 0.2) is 20.6 Å². The zero-order chi connectivity index (χ0) is 29.9. The molecule has 2 aromatic heterocycles. The SMILES string of the molecule is C[C@]1(C(=O)N=C2CC(S(C)(=O)=O)C2)[C@H](c2ccc(N3C[C@@](C)(C(F)(F)F)c4c3cnc3cc(Cl)nn43)cc2)C1(F)F. The molecule has 0 saturated heterocycles.